The van der Waals surface area contributed by atoms with E-state index in [1.807, 2.05) is 0 Å². The Balaban J connectivity index is 2.33. The molecular weight excluding hydrogens is 124 g/mol. The molecule has 0 unspecified atom stereocenters. The van der Waals surface area contributed by atoms with Crippen molar-refractivity contribution in [3.05, 3.63) is 0 Å². The Labute approximate surface area is 54.6 Å². The first-order valence-corrected chi connectivity index (χ1v) is 3.16. The molecule has 48 valence electrons. The van der Waals surface area contributed by atoms with Crippen LogP contribution >= 0.6 is 12.6 Å². The Morgan fingerprint density at radius 1 is 1.38 bits per heavy atom. The summed E-state index contributed by atoms with van der Waals surface area (Å²) in [6, 6.07) is 0. The molecular formula is C5H10O2S. The fourth-order valence-electron chi connectivity index (χ4n) is 0.624. The van der Waals surface area contributed by atoms with Crippen molar-refractivity contribution in [1.82, 2.24) is 0 Å². The zero-order chi connectivity index (χ0) is 6.04. The maximum Gasteiger partial charge on any atom is 0.212 e. The van der Waals surface area contributed by atoms with Gasteiger partial charge in [-0.2, -0.15) is 0 Å². The molecule has 1 fully saturated rings. The predicted octanol–water partition coefficient (Wildman–Crippen LogP) is 1.03. The highest BCUT2D eigenvalue weighted by atomic mass is 32.1. The highest BCUT2D eigenvalue weighted by Crippen LogP contribution is 2.20. The molecule has 1 aliphatic heterocycles. The first-order chi connectivity index (χ1) is 3.71. The van der Waals surface area contributed by atoms with Crippen LogP contribution < -0.4 is 0 Å². The summed E-state index contributed by atoms with van der Waals surface area (Å²) in [7, 11) is 0. The quantitative estimate of drug-likeness (QED) is 0.499. The van der Waals surface area contributed by atoms with E-state index in [4.69, 9.17) is 9.47 Å². The van der Waals surface area contributed by atoms with Crippen molar-refractivity contribution in [3.8, 4) is 0 Å². The summed E-state index contributed by atoms with van der Waals surface area (Å²) in [6.45, 7) is 3.33. The van der Waals surface area contributed by atoms with Crippen LogP contribution in [0.5, 0.6) is 0 Å². The average Bonchev–Trinajstić information content (AvgIpc) is 1.65. The molecule has 1 rings (SSSR count). The van der Waals surface area contributed by atoms with Crippen LogP contribution in [0.4, 0.5) is 0 Å². The maximum atomic E-state index is 5.11. The molecule has 0 atom stereocenters. The first kappa shape index (κ1) is 6.39. The van der Waals surface area contributed by atoms with Crippen molar-refractivity contribution in [2.24, 2.45) is 0 Å². The molecule has 1 saturated heterocycles. The van der Waals surface area contributed by atoms with E-state index in [9.17, 15) is 0 Å². The lowest BCUT2D eigenvalue weighted by Gasteiger charge is -2.28. The van der Waals surface area contributed by atoms with Gasteiger partial charge in [0.2, 0.25) is 5.12 Å². The van der Waals surface area contributed by atoms with Crippen molar-refractivity contribution < 1.29 is 9.47 Å². The molecule has 3 heteroatoms. The predicted molar refractivity (Wildman–Crippen MR) is 33.9 cm³/mol. The summed E-state index contributed by atoms with van der Waals surface area (Å²) in [6.07, 6.45) is 0.982. The molecule has 0 spiro atoms. The van der Waals surface area contributed by atoms with Gasteiger partial charge in [-0.05, 0) is 13.3 Å². The van der Waals surface area contributed by atoms with Crippen molar-refractivity contribution in [3.63, 3.8) is 0 Å². The lowest BCUT2D eigenvalue weighted by atomic mass is 10.4. The third-order valence-electron chi connectivity index (χ3n) is 1.03. The lowest BCUT2D eigenvalue weighted by molar-refractivity contribution is -0.192. The van der Waals surface area contributed by atoms with Crippen LogP contribution in [0.15, 0.2) is 0 Å². The molecule has 0 N–H and O–H groups in total. The summed E-state index contributed by atoms with van der Waals surface area (Å²) < 4.78 is 10.2. The van der Waals surface area contributed by atoms with E-state index in [0.717, 1.165) is 19.6 Å². The van der Waals surface area contributed by atoms with E-state index in [1.54, 1.807) is 6.92 Å². The minimum atomic E-state index is -0.627. The number of thiol groups is 1. The van der Waals surface area contributed by atoms with Crippen molar-refractivity contribution in [2.75, 3.05) is 13.2 Å². The molecule has 0 aromatic heterocycles. The summed E-state index contributed by atoms with van der Waals surface area (Å²) in [5, 5.41) is -0.627. The average molecular weight is 134 g/mol. The van der Waals surface area contributed by atoms with Crippen LogP contribution in [0.2, 0.25) is 0 Å². The monoisotopic (exact) mass is 134 g/mol. The summed E-state index contributed by atoms with van der Waals surface area (Å²) in [5.74, 6) is 0. The molecule has 2 nitrogen and oxygen atoms in total. The van der Waals surface area contributed by atoms with Gasteiger partial charge in [0.25, 0.3) is 0 Å². The molecule has 8 heavy (non-hydrogen) atoms. The number of rotatable bonds is 0. The SMILES string of the molecule is CC1(S)OCCCO1. The molecule has 0 aromatic rings. The minimum Gasteiger partial charge on any atom is -0.342 e. The van der Waals surface area contributed by atoms with Gasteiger partial charge < -0.3 is 9.47 Å². The Hall–Kier alpha value is 0.270. The van der Waals surface area contributed by atoms with Crippen LogP contribution in [0.3, 0.4) is 0 Å². The standard InChI is InChI=1S/C5H10O2S/c1-5(8)6-3-2-4-7-5/h8H,2-4H2,1H3. The zero-order valence-corrected chi connectivity index (χ0v) is 5.78. The van der Waals surface area contributed by atoms with Gasteiger partial charge >= 0.3 is 0 Å². The zero-order valence-electron chi connectivity index (χ0n) is 4.89. The van der Waals surface area contributed by atoms with Crippen LogP contribution in [-0.2, 0) is 9.47 Å². The van der Waals surface area contributed by atoms with Gasteiger partial charge in [0, 0.05) is 0 Å². The topological polar surface area (TPSA) is 18.5 Å². The highest BCUT2D eigenvalue weighted by Gasteiger charge is 2.22. The van der Waals surface area contributed by atoms with Crippen LogP contribution in [0, 0.1) is 0 Å². The third-order valence-corrected chi connectivity index (χ3v) is 1.29. The van der Waals surface area contributed by atoms with Gasteiger partial charge in [-0.3, -0.25) is 0 Å². The first-order valence-electron chi connectivity index (χ1n) is 2.71. The second-order valence-corrected chi connectivity index (χ2v) is 2.76. The van der Waals surface area contributed by atoms with Gasteiger partial charge in [0.05, 0.1) is 13.2 Å². The van der Waals surface area contributed by atoms with Crippen LogP contribution in [0.1, 0.15) is 13.3 Å². The summed E-state index contributed by atoms with van der Waals surface area (Å²) in [5.41, 5.74) is 0. The number of hydrogen-bond donors (Lipinski definition) is 1. The van der Waals surface area contributed by atoms with Gasteiger partial charge in [0.15, 0.2) is 0 Å². The minimum absolute atomic E-state index is 0.627. The Morgan fingerprint density at radius 3 is 2.12 bits per heavy atom. The second-order valence-electron chi connectivity index (χ2n) is 1.95. The Kier molecular flexibility index (Phi) is 1.80. The normalized spacial score (nSPS) is 27.8. The van der Waals surface area contributed by atoms with Gasteiger partial charge in [-0.1, -0.05) is 0 Å². The highest BCUT2D eigenvalue weighted by molar-refractivity contribution is 7.81. The lowest BCUT2D eigenvalue weighted by Crippen LogP contribution is -2.31. The molecule has 0 amide bonds. The second kappa shape index (κ2) is 2.25. The fourth-order valence-corrected chi connectivity index (χ4v) is 0.806. The number of hydrogen-bond acceptors (Lipinski definition) is 3. The molecule has 0 saturated carbocycles. The summed E-state index contributed by atoms with van der Waals surface area (Å²) in [4.78, 5) is 0. The van der Waals surface area contributed by atoms with E-state index in [-0.39, 0.29) is 0 Å². The molecule has 0 aromatic carbocycles. The van der Waals surface area contributed by atoms with E-state index in [2.05, 4.69) is 12.6 Å². The van der Waals surface area contributed by atoms with E-state index in [0.29, 0.717) is 0 Å². The molecule has 1 aliphatic rings. The number of ether oxygens (including phenoxy) is 2. The van der Waals surface area contributed by atoms with Gasteiger partial charge in [-0.15, -0.1) is 12.6 Å². The maximum absolute atomic E-state index is 5.11. The smallest absolute Gasteiger partial charge is 0.212 e. The fraction of sp³-hybridized carbons (Fsp3) is 1.00. The Bertz CT molecular complexity index is 74.5. The largest absolute Gasteiger partial charge is 0.342 e. The van der Waals surface area contributed by atoms with E-state index < -0.39 is 5.12 Å². The van der Waals surface area contributed by atoms with Crippen molar-refractivity contribution in [1.29, 1.82) is 0 Å². The summed E-state index contributed by atoms with van der Waals surface area (Å²) >= 11 is 4.07. The molecule has 0 radical (unpaired) electrons. The van der Waals surface area contributed by atoms with E-state index >= 15 is 0 Å². The van der Waals surface area contributed by atoms with Gasteiger partial charge in [0.1, 0.15) is 0 Å². The van der Waals surface area contributed by atoms with Gasteiger partial charge in [-0.25, -0.2) is 0 Å². The third kappa shape index (κ3) is 1.65. The molecule has 0 bridgehead atoms. The van der Waals surface area contributed by atoms with Crippen molar-refractivity contribution in [2.45, 2.75) is 18.5 Å². The van der Waals surface area contributed by atoms with E-state index in [1.165, 1.54) is 0 Å². The van der Waals surface area contributed by atoms with Crippen molar-refractivity contribution >= 4 is 12.6 Å². The van der Waals surface area contributed by atoms with Crippen LogP contribution in [-0.4, -0.2) is 18.3 Å². The molecule has 1 heterocycles. The van der Waals surface area contributed by atoms with Crippen LogP contribution in [0.25, 0.3) is 0 Å². The molecule has 0 aliphatic carbocycles. The Morgan fingerprint density at radius 2 is 1.88 bits per heavy atom.